The van der Waals surface area contributed by atoms with Crippen molar-refractivity contribution in [3.8, 4) is 11.3 Å². The second kappa shape index (κ2) is 10.1. The Labute approximate surface area is 211 Å². The number of nitrogens with one attached hydrogen (secondary N) is 1. The van der Waals surface area contributed by atoms with Crippen LogP contribution in [-0.4, -0.2) is 31.5 Å². The van der Waals surface area contributed by atoms with E-state index in [-0.39, 0.29) is 11.5 Å². The molecule has 2 aromatic heterocycles. The van der Waals surface area contributed by atoms with Gasteiger partial charge in [0.25, 0.3) is 0 Å². The number of carboxylic acid groups (broad SMARTS) is 1. The maximum Gasteiger partial charge on any atom is 0.336 e. The number of fused-ring (bicyclic) bond motifs is 1. The van der Waals surface area contributed by atoms with E-state index < -0.39 is 11.2 Å². The van der Waals surface area contributed by atoms with E-state index in [1.54, 1.807) is 42.6 Å². The van der Waals surface area contributed by atoms with E-state index >= 15 is 0 Å². The number of carbonyl (C=O) groups is 2. The molecule has 0 spiro atoms. The smallest absolute Gasteiger partial charge is 0.336 e. The molecule has 0 saturated heterocycles. The molecule has 0 bridgehead atoms. The first-order valence-corrected chi connectivity index (χ1v) is 12.1. The molecule has 0 aliphatic carbocycles. The molecule has 0 fully saturated rings. The van der Waals surface area contributed by atoms with Gasteiger partial charge in [-0.05, 0) is 29.8 Å². The highest BCUT2D eigenvalue weighted by Gasteiger charge is 2.24. The van der Waals surface area contributed by atoms with Crippen LogP contribution in [0.15, 0.2) is 102 Å². The number of amides is 1. The SMILES string of the molecule is Cn1ccnc1SC(C(=O)Nc1ccc(-c2cc(C(=O)O)c3ccccc3n2)cc1)c1ccccc1. The Bertz CT molecular complexity index is 1550. The van der Waals surface area contributed by atoms with Crippen LogP contribution in [0.2, 0.25) is 0 Å². The Hall–Kier alpha value is -4.43. The van der Waals surface area contributed by atoms with E-state index in [1.165, 1.54) is 11.8 Å². The minimum Gasteiger partial charge on any atom is -0.478 e. The first-order chi connectivity index (χ1) is 17.5. The van der Waals surface area contributed by atoms with Crippen molar-refractivity contribution in [2.45, 2.75) is 10.4 Å². The molecular weight excluding hydrogens is 472 g/mol. The van der Waals surface area contributed by atoms with Gasteiger partial charge in [0, 0.05) is 36.1 Å². The zero-order chi connectivity index (χ0) is 25.1. The summed E-state index contributed by atoms with van der Waals surface area (Å²) in [7, 11) is 1.89. The predicted molar refractivity (Wildman–Crippen MR) is 141 cm³/mol. The zero-order valence-corrected chi connectivity index (χ0v) is 20.1. The average molecular weight is 495 g/mol. The molecule has 0 saturated carbocycles. The summed E-state index contributed by atoms with van der Waals surface area (Å²) in [5.74, 6) is -1.17. The number of carbonyl (C=O) groups excluding carboxylic acids is 1. The summed E-state index contributed by atoms with van der Waals surface area (Å²) < 4.78 is 1.88. The number of thioether (sulfide) groups is 1. The first-order valence-electron chi connectivity index (χ1n) is 11.2. The number of imidazole rings is 1. The summed E-state index contributed by atoms with van der Waals surface area (Å²) in [5, 5.41) is 13.5. The topological polar surface area (TPSA) is 97.1 Å². The van der Waals surface area contributed by atoms with Crippen molar-refractivity contribution in [2.24, 2.45) is 7.05 Å². The summed E-state index contributed by atoms with van der Waals surface area (Å²) in [4.78, 5) is 34.1. The number of aromatic nitrogens is 3. The Kier molecular flexibility index (Phi) is 6.51. The van der Waals surface area contributed by atoms with Gasteiger partial charge < -0.3 is 15.0 Å². The van der Waals surface area contributed by atoms with Crippen molar-refractivity contribution >= 4 is 40.2 Å². The van der Waals surface area contributed by atoms with E-state index in [4.69, 9.17) is 0 Å². The van der Waals surface area contributed by atoms with Gasteiger partial charge in [0.1, 0.15) is 5.25 Å². The third-order valence-corrected chi connectivity index (χ3v) is 7.06. The Morgan fingerprint density at radius 1 is 0.972 bits per heavy atom. The largest absolute Gasteiger partial charge is 0.478 e. The monoisotopic (exact) mass is 494 g/mol. The van der Waals surface area contributed by atoms with Crippen LogP contribution in [-0.2, 0) is 11.8 Å². The number of hydrogen-bond acceptors (Lipinski definition) is 5. The number of aryl methyl sites for hydroxylation is 1. The van der Waals surface area contributed by atoms with Crippen LogP contribution in [0, 0.1) is 0 Å². The molecule has 7 nitrogen and oxygen atoms in total. The minimum absolute atomic E-state index is 0.168. The van der Waals surface area contributed by atoms with E-state index in [0.717, 1.165) is 16.3 Å². The molecule has 5 rings (SSSR count). The molecule has 1 unspecified atom stereocenters. The Morgan fingerprint density at radius 2 is 1.69 bits per heavy atom. The molecule has 5 aromatic rings. The third kappa shape index (κ3) is 4.85. The van der Waals surface area contributed by atoms with Crippen molar-refractivity contribution in [1.29, 1.82) is 0 Å². The van der Waals surface area contributed by atoms with E-state index in [9.17, 15) is 14.7 Å². The molecule has 2 N–H and O–H groups in total. The zero-order valence-electron chi connectivity index (χ0n) is 19.3. The normalized spacial score (nSPS) is 11.8. The molecule has 1 amide bonds. The van der Waals surface area contributed by atoms with Gasteiger partial charge >= 0.3 is 5.97 Å². The highest BCUT2D eigenvalue weighted by Crippen LogP contribution is 2.35. The standard InChI is InChI=1S/C28H22N4O3S/c1-32-16-15-29-28(32)36-25(19-7-3-2-4-8-19)26(33)30-20-13-11-18(12-14-20)24-17-22(27(34)35)21-9-5-6-10-23(21)31-24/h2-17,25H,1H3,(H,30,33)(H,34,35). The molecular formula is C28H22N4O3S. The fourth-order valence-electron chi connectivity index (χ4n) is 3.90. The van der Waals surface area contributed by atoms with E-state index in [1.807, 2.05) is 66.3 Å². The highest BCUT2D eigenvalue weighted by atomic mass is 32.2. The number of para-hydroxylation sites is 1. The van der Waals surface area contributed by atoms with Gasteiger partial charge in [0.2, 0.25) is 5.91 Å². The highest BCUT2D eigenvalue weighted by molar-refractivity contribution is 8.00. The Morgan fingerprint density at radius 3 is 2.39 bits per heavy atom. The van der Waals surface area contributed by atoms with Crippen LogP contribution in [0.25, 0.3) is 22.2 Å². The van der Waals surface area contributed by atoms with Gasteiger partial charge in [0.05, 0.1) is 16.8 Å². The molecule has 8 heteroatoms. The molecule has 0 aliphatic rings. The molecule has 178 valence electrons. The fraction of sp³-hybridized carbons (Fsp3) is 0.0714. The summed E-state index contributed by atoms with van der Waals surface area (Å²) in [6.07, 6.45) is 3.55. The van der Waals surface area contributed by atoms with Crippen LogP contribution in [0.1, 0.15) is 21.2 Å². The van der Waals surface area contributed by atoms with Gasteiger partial charge in [-0.2, -0.15) is 0 Å². The molecule has 2 heterocycles. The lowest BCUT2D eigenvalue weighted by atomic mass is 10.0. The molecule has 3 aromatic carbocycles. The summed E-state index contributed by atoms with van der Waals surface area (Å²) in [6.45, 7) is 0. The third-order valence-electron chi connectivity index (χ3n) is 5.74. The van der Waals surface area contributed by atoms with Crippen molar-refractivity contribution < 1.29 is 14.7 Å². The Balaban J connectivity index is 1.40. The lowest BCUT2D eigenvalue weighted by molar-refractivity contribution is -0.115. The maximum absolute atomic E-state index is 13.3. The number of benzene rings is 3. The van der Waals surface area contributed by atoms with Crippen molar-refractivity contribution in [2.75, 3.05) is 5.32 Å². The van der Waals surface area contributed by atoms with Crippen LogP contribution >= 0.6 is 11.8 Å². The van der Waals surface area contributed by atoms with Crippen LogP contribution in [0.3, 0.4) is 0 Å². The van der Waals surface area contributed by atoms with Gasteiger partial charge in [0.15, 0.2) is 5.16 Å². The maximum atomic E-state index is 13.3. The molecule has 0 radical (unpaired) electrons. The number of rotatable bonds is 7. The second-order valence-corrected chi connectivity index (χ2v) is 9.25. The molecule has 0 aliphatic heterocycles. The first kappa shape index (κ1) is 23.3. The minimum atomic E-state index is -1.00. The average Bonchev–Trinajstić information content (AvgIpc) is 3.31. The summed E-state index contributed by atoms with van der Waals surface area (Å²) in [6, 6.07) is 25.5. The number of nitrogens with zero attached hydrogens (tertiary/aromatic N) is 3. The second-order valence-electron chi connectivity index (χ2n) is 8.17. The lowest BCUT2D eigenvalue weighted by Crippen LogP contribution is -2.19. The van der Waals surface area contributed by atoms with Gasteiger partial charge in [-0.15, -0.1) is 0 Å². The van der Waals surface area contributed by atoms with Gasteiger partial charge in [-0.1, -0.05) is 72.4 Å². The summed E-state index contributed by atoms with van der Waals surface area (Å²) in [5.41, 5.74) is 3.62. The van der Waals surface area contributed by atoms with Gasteiger partial charge in [-0.25, -0.2) is 14.8 Å². The van der Waals surface area contributed by atoms with Crippen molar-refractivity contribution in [3.05, 3.63) is 108 Å². The molecule has 1 atom stereocenters. The number of carboxylic acids is 1. The van der Waals surface area contributed by atoms with Crippen LogP contribution in [0.5, 0.6) is 0 Å². The number of hydrogen-bond donors (Lipinski definition) is 2. The van der Waals surface area contributed by atoms with E-state index in [2.05, 4.69) is 15.3 Å². The van der Waals surface area contributed by atoms with Crippen molar-refractivity contribution in [3.63, 3.8) is 0 Å². The van der Waals surface area contributed by atoms with Crippen molar-refractivity contribution in [1.82, 2.24) is 14.5 Å². The fourth-order valence-corrected chi connectivity index (χ4v) is 4.92. The van der Waals surface area contributed by atoms with Crippen LogP contribution < -0.4 is 5.32 Å². The number of aromatic carboxylic acids is 1. The van der Waals surface area contributed by atoms with Gasteiger partial charge in [-0.3, -0.25) is 4.79 Å². The predicted octanol–water partition coefficient (Wildman–Crippen LogP) is 5.81. The van der Waals surface area contributed by atoms with Crippen LogP contribution in [0.4, 0.5) is 5.69 Å². The molecule has 36 heavy (non-hydrogen) atoms. The summed E-state index contributed by atoms with van der Waals surface area (Å²) >= 11 is 1.38. The number of pyridine rings is 1. The number of anilines is 1. The lowest BCUT2D eigenvalue weighted by Gasteiger charge is -2.17. The van der Waals surface area contributed by atoms with E-state index in [0.29, 0.717) is 22.3 Å². The quantitative estimate of drug-likeness (QED) is 0.277.